The first-order valence-corrected chi connectivity index (χ1v) is 5.20. The third-order valence-corrected chi connectivity index (χ3v) is 2.90. The lowest BCUT2D eigenvalue weighted by Crippen LogP contribution is -2.36. The Morgan fingerprint density at radius 3 is 2.79 bits per heavy atom. The summed E-state index contributed by atoms with van der Waals surface area (Å²) in [6.07, 6.45) is 9.08. The van der Waals surface area contributed by atoms with Crippen molar-refractivity contribution in [3.05, 3.63) is 0 Å². The molecule has 0 bridgehead atoms. The Morgan fingerprint density at radius 2 is 2.29 bits per heavy atom. The minimum Gasteiger partial charge on any atom is -0.377 e. The fourth-order valence-electron chi connectivity index (χ4n) is 1.80. The third kappa shape index (κ3) is 1.93. The molecule has 3 heteroatoms. The number of hydrogen-bond acceptors (Lipinski definition) is 3. The average molecular weight is 196 g/mol. The molecule has 0 amide bonds. The minimum atomic E-state index is -0.784. The molecular weight excluding hydrogens is 180 g/mol. The highest BCUT2D eigenvalue weighted by molar-refractivity contribution is 5.13. The van der Waals surface area contributed by atoms with Gasteiger partial charge in [-0.15, -0.1) is 6.42 Å². The number of rotatable bonds is 3. The smallest absolute Gasteiger partial charge is 0.158 e. The molecule has 0 radical (unpaired) electrons. The monoisotopic (exact) mass is 196 g/mol. The summed E-state index contributed by atoms with van der Waals surface area (Å²) >= 11 is 0. The predicted molar refractivity (Wildman–Crippen MR) is 51.5 cm³/mol. The SMILES string of the molecule is C#CC(O)C1(OC2CCCCO2)CC1. The molecule has 2 atom stereocenters. The maximum absolute atomic E-state index is 9.56. The lowest BCUT2D eigenvalue weighted by Gasteiger charge is -2.28. The van der Waals surface area contributed by atoms with Gasteiger partial charge in [0.15, 0.2) is 6.29 Å². The van der Waals surface area contributed by atoms with Gasteiger partial charge in [0.2, 0.25) is 0 Å². The van der Waals surface area contributed by atoms with Crippen molar-refractivity contribution in [2.45, 2.75) is 50.1 Å². The van der Waals surface area contributed by atoms with Crippen LogP contribution in [0.3, 0.4) is 0 Å². The fourth-order valence-corrected chi connectivity index (χ4v) is 1.80. The lowest BCUT2D eigenvalue weighted by molar-refractivity contribution is -0.211. The number of aliphatic hydroxyl groups excluding tert-OH is 1. The molecular formula is C11H16O3. The Bertz CT molecular complexity index is 233. The van der Waals surface area contributed by atoms with E-state index >= 15 is 0 Å². The molecule has 0 aromatic rings. The molecule has 2 unspecified atom stereocenters. The van der Waals surface area contributed by atoms with Gasteiger partial charge in [-0.1, -0.05) is 5.92 Å². The minimum absolute atomic E-state index is 0.158. The van der Waals surface area contributed by atoms with Crippen LogP contribution in [0.2, 0.25) is 0 Å². The van der Waals surface area contributed by atoms with Crippen LogP contribution >= 0.6 is 0 Å². The lowest BCUT2D eigenvalue weighted by atomic mass is 10.1. The molecule has 1 saturated heterocycles. The Morgan fingerprint density at radius 1 is 1.50 bits per heavy atom. The van der Waals surface area contributed by atoms with Crippen molar-refractivity contribution in [2.24, 2.45) is 0 Å². The molecule has 1 aliphatic carbocycles. The number of aliphatic hydroxyl groups is 1. The van der Waals surface area contributed by atoms with E-state index in [0.29, 0.717) is 0 Å². The topological polar surface area (TPSA) is 38.7 Å². The summed E-state index contributed by atoms with van der Waals surface area (Å²) in [5.41, 5.74) is -0.489. The zero-order chi connectivity index (χ0) is 10.0. The second kappa shape index (κ2) is 3.90. The van der Waals surface area contributed by atoms with Crippen molar-refractivity contribution in [3.8, 4) is 12.3 Å². The van der Waals surface area contributed by atoms with Crippen LogP contribution in [0.5, 0.6) is 0 Å². The van der Waals surface area contributed by atoms with Crippen molar-refractivity contribution in [1.82, 2.24) is 0 Å². The van der Waals surface area contributed by atoms with Crippen LogP contribution in [0.15, 0.2) is 0 Å². The Hall–Kier alpha value is -0.560. The third-order valence-electron chi connectivity index (χ3n) is 2.90. The van der Waals surface area contributed by atoms with Gasteiger partial charge in [-0.2, -0.15) is 0 Å². The largest absolute Gasteiger partial charge is 0.377 e. The summed E-state index contributed by atoms with van der Waals surface area (Å²) < 4.78 is 11.2. The van der Waals surface area contributed by atoms with Crippen LogP contribution in [0.1, 0.15) is 32.1 Å². The highest BCUT2D eigenvalue weighted by Gasteiger charge is 2.51. The molecule has 2 rings (SSSR count). The first-order valence-electron chi connectivity index (χ1n) is 5.20. The molecule has 2 aliphatic rings. The van der Waals surface area contributed by atoms with E-state index in [1.54, 1.807) is 0 Å². The molecule has 0 aromatic heterocycles. The van der Waals surface area contributed by atoms with Gasteiger partial charge >= 0.3 is 0 Å². The van der Waals surface area contributed by atoms with Gasteiger partial charge in [0, 0.05) is 6.61 Å². The van der Waals surface area contributed by atoms with Crippen LogP contribution in [0.4, 0.5) is 0 Å². The van der Waals surface area contributed by atoms with Gasteiger partial charge in [0.1, 0.15) is 11.7 Å². The van der Waals surface area contributed by atoms with Crippen molar-refractivity contribution >= 4 is 0 Å². The normalized spacial score (nSPS) is 31.9. The van der Waals surface area contributed by atoms with Crippen molar-refractivity contribution in [1.29, 1.82) is 0 Å². The van der Waals surface area contributed by atoms with E-state index in [4.69, 9.17) is 15.9 Å². The Labute approximate surface area is 84.4 Å². The summed E-state index contributed by atoms with van der Waals surface area (Å²) in [6, 6.07) is 0. The van der Waals surface area contributed by atoms with Crippen LogP contribution in [0.25, 0.3) is 0 Å². The zero-order valence-electron chi connectivity index (χ0n) is 8.24. The molecule has 1 saturated carbocycles. The quantitative estimate of drug-likeness (QED) is 0.686. The molecule has 14 heavy (non-hydrogen) atoms. The zero-order valence-corrected chi connectivity index (χ0v) is 8.24. The van der Waals surface area contributed by atoms with E-state index in [2.05, 4.69) is 5.92 Å². The van der Waals surface area contributed by atoms with Crippen LogP contribution in [-0.4, -0.2) is 29.7 Å². The fraction of sp³-hybridized carbons (Fsp3) is 0.818. The van der Waals surface area contributed by atoms with E-state index in [9.17, 15) is 5.11 Å². The van der Waals surface area contributed by atoms with Crippen LogP contribution in [0, 0.1) is 12.3 Å². The molecule has 0 spiro atoms. The van der Waals surface area contributed by atoms with Gasteiger partial charge in [-0.3, -0.25) is 0 Å². The molecule has 3 nitrogen and oxygen atoms in total. The Balaban J connectivity index is 1.87. The van der Waals surface area contributed by atoms with E-state index < -0.39 is 11.7 Å². The van der Waals surface area contributed by atoms with Gasteiger partial charge < -0.3 is 14.6 Å². The number of terminal acetylenes is 1. The highest BCUT2D eigenvalue weighted by Crippen LogP contribution is 2.44. The van der Waals surface area contributed by atoms with Gasteiger partial charge in [0.05, 0.1) is 0 Å². The molecule has 1 heterocycles. The maximum Gasteiger partial charge on any atom is 0.158 e. The van der Waals surface area contributed by atoms with Crippen molar-refractivity contribution in [3.63, 3.8) is 0 Å². The summed E-state index contributed by atoms with van der Waals surface area (Å²) in [4.78, 5) is 0. The maximum atomic E-state index is 9.56. The molecule has 2 fully saturated rings. The van der Waals surface area contributed by atoms with Crippen LogP contribution in [-0.2, 0) is 9.47 Å². The summed E-state index contributed by atoms with van der Waals surface area (Å²) in [5, 5.41) is 9.56. The molecule has 1 N–H and O–H groups in total. The van der Waals surface area contributed by atoms with Crippen molar-refractivity contribution in [2.75, 3.05) is 6.61 Å². The second-order valence-electron chi connectivity index (χ2n) is 4.05. The van der Waals surface area contributed by atoms with Gasteiger partial charge in [0.25, 0.3) is 0 Å². The van der Waals surface area contributed by atoms with Crippen molar-refractivity contribution < 1.29 is 14.6 Å². The molecule has 0 aromatic carbocycles. The predicted octanol–water partition coefficient (Wildman–Crippen LogP) is 1.06. The number of ether oxygens (including phenoxy) is 2. The summed E-state index contributed by atoms with van der Waals surface area (Å²) in [5.74, 6) is 2.33. The average Bonchev–Trinajstić information content (AvgIpc) is 2.99. The second-order valence-corrected chi connectivity index (χ2v) is 4.05. The van der Waals surface area contributed by atoms with E-state index in [-0.39, 0.29) is 6.29 Å². The molecule has 78 valence electrons. The Kier molecular flexibility index (Phi) is 2.78. The summed E-state index contributed by atoms with van der Waals surface area (Å²) in [6.45, 7) is 0.757. The number of hydrogen-bond donors (Lipinski definition) is 1. The van der Waals surface area contributed by atoms with E-state index in [1.807, 2.05) is 0 Å². The first-order chi connectivity index (χ1) is 6.77. The van der Waals surface area contributed by atoms with E-state index in [0.717, 1.165) is 38.7 Å². The molecule has 1 aliphatic heterocycles. The summed E-state index contributed by atoms with van der Waals surface area (Å²) in [7, 11) is 0. The van der Waals surface area contributed by atoms with Gasteiger partial charge in [-0.25, -0.2) is 0 Å². The standard InChI is InChI=1S/C11H16O3/c1-2-9(12)11(6-7-11)14-10-5-3-4-8-13-10/h1,9-10,12H,3-8H2. The first kappa shape index (κ1) is 9.97. The van der Waals surface area contributed by atoms with Crippen LogP contribution < -0.4 is 0 Å². The van der Waals surface area contributed by atoms with E-state index in [1.165, 1.54) is 0 Å². The highest BCUT2D eigenvalue weighted by atomic mass is 16.7. The van der Waals surface area contributed by atoms with Gasteiger partial charge in [-0.05, 0) is 32.1 Å².